The quantitative estimate of drug-likeness (QED) is 0.738. The Morgan fingerprint density at radius 3 is 2.56 bits per heavy atom. The van der Waals surface area contributed by atoms with Crippen molar-refractivity contribution < 1.29 is 9.47 Å². The predicted octanol–water partition coefficient (Wildman–Crippen LogP) is 4.56. The summed E-state index contributed by atoms with van der Waals surface area (Å²) in [5, 5.41) is 1.99. The Bertz CT molecular complexity index is 406. The average Bonchev–Trinajstić information content (AvgIpc) is 2.41. The molecular formula is C13H15BrCl2O2. The first-order chi connectivity index (χ1) is 8.65. The Morgan fingerprint density at radius 2 is 1.94 bits per heavy atom. The van der Waals surface area contributed by atoms with Crippen molar-refractivity contribution in [3.8, 4) is 5.75 Å². The van der Waals surface area contributed by atoms with Crippen LogP contribution in [0.15, 0.2) is 18.2 Å². The second-order valence-corrected chi connectivity index (χ2v) is 5.99. The molecule has 2 nitrogen and oxygen atoms in total. The zero-order valence-corrected chi connectivity index (χ0v) is 13.0. The molecular weight excluding hydrogens is 339 g/mol. The lowest BCUT2D eigenvalue weighted by molar-refractivity contribution is 0.00355. The molecule has 1 fully saturated rings. The Morgan fingerprint density at radius 1 is 1.22 bits per heavy atom. The van der Waals surface area contributed by atoms with E-state index in [1.165, 1.54) is 0 Å². The van der Waals surface area contributed by atoms with E-state index in [0.29, 0.717) is 16.7 Å². The third kappa shape index (κ3) is 3.53. The molecule has 18 heavy (non-hydrogen) atoms. The van der Waals surface area contributed by atoms with Gasteiger partial charge in [0.2, 0.25) is 0 Å². The van der Waals surface area contributed by atoms with E-state index in [1.54, 1.807) is 12.1 Å². The number of benzene rings is 1. The maximum Gasteiger partial charge on any atom is 0.120 e. The van der Waals surface area contributed by atoms with Crippen LogP contribution in [0.3, 0.4) is 0 Å². The summed E-state index contributed by atoms with van der Waals surface area (Å²) >= 11 is 15.4. The highest BCUT2D eigenvalue weighted by Crippen LogP contribution is 2.34. The van der Waals surface area contributed by atoms with Gasteiger partial charge in [0, 0.05) is 30.0 Å². The first-order valence-corrected chi connectivity index (χ1v) is 7.75. The van der Waals surface area contributed by atoms with E-state index < -0.39 is 0 Å². The van der Waals surface area contributed by atoms with Gasteiger partial charge < -0.3 is 9.47 Å². The van der Waals surface area contributed by atoms with E-state index in [4.69, 9.17) is 32.7 Å². The summed E-state index contributed by atoms with van der Waals surface area (Å²) in [4.78, 5) is 0. The molecule has 5 heteroatoms. The fourth-order valence-electron chi connectivity index (χ4n) is 1.92. The lowest BCUT2D eigenvalue weighted by Gasteiger charge is -2.35. The topological polar surface area (TPSA) is 18.5 Å². The zero-order valence-electron chi connectivity index (χ0n) is 9.93. The van der Waals surface area contributed by atoms with Crippen molar-refractivity contribution in [3.63, 3.8) is 0 Å². The van der Waals surface area contributed by atoms with Crippen molar-refractivity contribution >= 4 is 39.1 Å². The van der Waals surface area contributed by atoms with Gasteiger partial charge in [-0.3, -0.25) is 0 Å². The average molecular weight is 354 g/mol. The van der Waals surface area contributed by atoms with E-state index in [-0.39, 0.29) is 5.41 Å². The van der Waals surface area contributed by atoms with Gasteiger partial charge >= 0.3 is 0 Å². The maximum absolute atomic E-state index is 5.96. The molecule has 0 bridgehead atoms. The van der Waals surface area contributed by atoms with E-state index in [9.17, 15) is 0 Å². The largest absolute Gasteiger partial charge is 0.493 e. The molecule has 0 atom stereocenters. The van der Waals surface area contributed by atoms with Crippen LogP contribution in [0, 0.1) is 5.41 Å². The molecule has 0 spiro atoms. The molecule has 100 valence electrons. The summed E-state index contributed by atoms with van der Waals surface area (Å²) in [6.07, 6.45) is 2.03. The highest BCUT2D eigenvalue weighted by Gasteiger charge is 2.32. The number of ether oxygens (including phenoxy) is 2. The molecule has 0 aromatic heterocycles. The highest BCUT2D eigenvalue weighted by atomic mass is 79.9. The van der Waals surface area contributed by atoms with E-state index >= 15 is 0 Å². The predicted molar refractivity (Wildman–Crippen MR) is 78.2 cm³/mol. The van der Waals surface area contributed by atoms with Crippen molar-refractivity contribution in [2.75, 3.05) is 25.2 Å². The van der Waals surface area contributed by atoms with Gasteiger partial charge in [-0.15, -0.1) is 0 Å². The molecule has 0 saturated carbocycles. The Hall–Kier alpha value is 0.0400. The van der Waals surface area contributed by atoms with Crippen LogP contribution < -0.4 is 4.74 Å². The second-order valence-electron chi connectivity index (χ2n) is 4.61. The number of alkyl halides is 1. The molecule has 0 aliphatic carbocycles. The minimum atomic E-state index is 0.157. The summed E-state index contributed by atoms with van der Waals surface area (Å²) in [6.45, 7) is 2.27. The van der Waals surface area contributed by atoms with Crippen LogP contribution in [0.4, 0.5) is 0 Å². The van der Waals surface area contributed by atoms with Crippen molar-refractivity contribution in [2.45, 2.75) is 12.8 Å². The smallest absolute Gasteiger partial charge is 0.120 e. The molecule has 1 aromatic rings. The molecule has 2 rings (SSSR count). The van der Waals surface area contributed by atoms with Crippen LogP contribution in [-0.4, -0.2) is 25.2 Å². The lowest BCUT2D eigenvalue weighted by Crippen LogP contribution is -2.36. The summed E-state index contributed by atoms with van der Waals surface area (Å²) in [5.41, 5.74) is 0.157. The summed E-state index contributed by atoms with van der Waals surface area (Å²) in [7, 11) is 0. The van der Waals surface area contributed by atoms with Crippen LogP contribution in [-0.2, 0) is 4.74 Å². The Balaban J connectivity index is 1.98. The normalized spacial score (nSPS) is 18.6. The van der Waals surface area contributed by atoms with Crippen LogP contribution in [0.1, 0.15) is 12.8 Å². The van der Waals surface area contributed by atoms with E-state index in [2.05, 4.69) is 15.9 Å². The van der Waals surface area contributed by atoms with Crippen LogP contribution in [0.5, 0.6) is 5.75 Å². The number of hydrogen-bond acceptors (Lipinski definition) is 2. The van der Waals surface area contributed by atoms with Crippen LogP contribution >= 0.6 is 39.1 Å². The summed E-state index contributed by atoms with van der Waals surface area (Å²) in [5.74, 6) is 0.760. The number of rotatable bonds is 4. The van der Waals surface area contributed by atoms with Gasteiger partial charge in [0.25, 0.3) is 0 Å². The van der Waals surface area contributed by atoms with Crippen molar-refractivity contribution in [3.05, 3.63) is 28.2 Å². The standard InChI is InChI=1S/C13H15BrCl2O2/c14-8-13(3-5-17-6-4-13)9-18-10-1-2-11(15)12(16)7-10/h1-2,7H,3-6,8-9H2. The fourth-order valence-corrected chi connectivity index (χ4v) is 2.93. The van der Waals surface area contributed by atoms with Gasteiger partial charge in [-0.1, -0.05) is 39.1 Å². The minimum absolute atomic E-state index is 0.157. The van der Waals surface area contributed by atoms with E-state index in [1.807, 2.05) is 6.07 Å². The Labute approximate surface area is 126 Å². The van der Waals surface area contributed by atoms with Gasteiger partial charge in [-0.25, -0.2) is 0 Å². The van der Waals surface area contributed by atoms with Crippen LogP contribution in [0.25, 0.3) is 0 Å². The first-order valence-electron chi connectivity index (χ1n) is 5.87. The maximum atomic E-state index is 5.96. The lowest BCUT2D eigenvalue weighted by atomic mass is 9.83. The van der Waals surface area contributed by atoms with Gasteiger partial charge in [0.05, 0.1) is 16.7 Å². The summed E-state index contributed by atoms with van der Waals surface area (Å²) < 4.78 is 11.2. The molecule has 1 aliphatic heterocycles. The van der Waals surface area contributed by atoms with Crippen molar-refractivity contribution in [1.82, 2.24) is 0 Å². The van der Waals surface area contributed by atoms with Gasteiger partial charge in [0.1, 0.15) is 5.75 Å². The SMILES string of the molecule is Clc1ccc(OCC2(CBr)CCOCC2)cc1Cl. The number of halogens is 3. The second kappa shape index (κ2) is 6.47. The van der Waals surface area contributed by atoms with E-state index in [0.717, 1.165) is 37.1 Å². The van der Waals surface area contributed by atoms with Crippen molar-refractivity contribution in [1.29, 1.82) is 0 Å². The first kappa shape index (κ1) is 14.4. The molecule has 1 saturated heterocycles. The molecule has 0 unspecified atom stereocenters. The highest BCUT2D eigenvalue weighted by molar-refractivity contribution is 9.09. The molecule has 1 heterocycles. The third-order valence-corrected chi connectivity index (χ3v) is 5.20. The monoisotopic (exact) mass is 352 g/mol. The molecule has 0 amide bonds. The zero-order chi connectivity index (χ0) is 13.0. The van der Waals surface area contributed by atoms with Gasteiger partial charge in [-0.2, -0.15) is 0 Å². The van der Waals surface area contributed by atoms with Crippen molar-refractivity contribution in [2.24, 2.45) is 5.41 Å². The summed E-state index contributed by atoms with van der Waals surface area (Å²) in [6, 6.07) is 5.35. The van der Waals surface area contributed by atoms with Gasteiger partial charge in [0.15, 0.2) is 0 Å². The number of hydrogen-bond donors (Lipinski definition) is 0. The third-order valence-electron chi connectivity index (χ3n) is 3.27. The van der Waals surface area contributed by atoms with Gasteiger partial charge in [-0.05, 0) is 25.0 Å². The molecule has 1 aliphatic rings. The molecule has 0 N–H and O–H groups in total. The minimum Gasteiger partial charge on any atom is -0.493 e. The van der Waals surface area contributed by atoms with Crippen LogP contribution in [0.2, 0.25) is 10.0 Å². The fraction of sp³-hybridized carbons (Fsp3) is 0.538. The Kier molecular flexibility index (Phi) is 5.19. The molecule has 0 radical (unpaired) electrons. The molecule has 1 aromatic carbocycles.